The highest BCUT2D eigenvalue weighted by atomic mass is 127. The topological polar surface area (TPSA) is 49.3 Å². The maximum atomic E-state index is 12.9. The molecule has 2 N–H and O–H groups in total. The molecule has 1 heterocycles. The van der Waals surface area contributed by atoms with Crippen LogP contribution in [0.5, 0.6) is 0 Å². The standard InChI is InChI=1S/C15H23F3N4S.HI/c1-3-13-21-12(9-23-13)8-20-14(19-2)22-11-6-4-5-10(7-11)15(16,17)18;/h9-11H,3-8H2,1-2H3,(H2,19,20,22);1H. The van der Waals surface area contributed by atoms with E-state index in [1.165, 1.54) is 0 Å². The van der Waals surface area contributed by atoms with Crippen LogP contribution in [-0.4, -0.2) is 30.2 Å². The molecule has 0 saturated heterocycles. The van der Waals surface area contributed by atoms with Gasteiger partial charge in [0.05, 0.1) is 23.2 Å². The lowest BCUT2D eigenvalue weighted by molar-refractivity contribution is -0.183. The van der Waals surface area contributed by atoms with Crippen LogP contribution in [0.3, 0.4) is 0 Å². The molecule has 0 spiro atoms. The van der Waals surface area contributed by atoms with Crippen molar-refractivity contribution in [2.75, 3.05) is 7.05 Å². The van der Waals surface area contributed by atoms with Crippen molar-refractivity contribution in [2.24, 2.45) is 10.9 Å². The van der Waals surface area contributed by atoms with Gasteiger partial charge in [0.15, 0.2) is 5.96 Å². The molecule has 1 aliphatic rings. The molecule has 1 saturated carbocycles. The van der Waals surface area contributed by atoms with Crippen molar-refractivity contribution >= 4 is 41.3 Å². The van der Waals surface area contributed by atoms with Gasteiger partial charge < -0.3 is 10.6 Å². The van der Waals surface area contributed by atoms with Crippen LogP contribution in [0.15, 0.2) is 10.4 Å². The summed E-state index contributed by atoms with van der Waals surface area (Å²) >= 11 is 1.61. The summed E-state index contributed by atoms with van der Waals surface area (Å²) in [5, 5.41) is 9.30. The number of hydrogen-bond donors (Lipinski definition) is 2. The summed E-state index contributed by atoms with van der Waals surface area (Å²) < 4.78 is 38.6. The summed E-state index contributed by atoms with van der Waals surface area (Å²) in [6.45, 7) is 2.57. The summed E-state index contributed by atoms with van der Waals surface area (Å²) in [6, 6.07) is -0.191. The molecule has 1 aliphatic carbocycles. The molecular weight excluding hydrogens is 452 g/mol. The lowest BCUT2D eigenvalue weighted by Gasteiger charge is -2.31. The minimum atomic E-state index is -4.10. The number of aliphatic imine (C=N–C) groups is 1. The van der Waals surface area contributed by atoms with Gasteiger partial charge >= 0.3 is 6.18 Å². The molecule has 2 atom stereocenters. The first-order chi connectivity index (χ1) is 10.9. The molecule has 2 unspecified atom stereocenters. The fraction of sp³-hybridized carbons (Fsp3) is 0.733. The van der Waals surface area contributed by atoms with E-state index < -0.39 is 12.1 Å². The summed E-state index contributed by atoms with van der Waals surface area (Å²) in [5.41, 5.74) is 0.923. The quantitative estimate of drug-likeness (QED) is 0.391. The van der Waals surface area contributed by atoms with E-state index in [1.54, 1.807) is 18.4 Å². The second kappa shape index (κ2) is 9.79. The molecule has 138 valence electrons. The van der Waals surface area contributed by atoms with Crippen molar-refractivity contribution in [1.82, 2.24) is 15.6 Å². The lowest BCUT2D eigenvalue weighted by Crippen LogP contribution is -2.46. The van der Waals surface area contributed by atoms with Crippen LogP contribution in [0.4, 0.5) is 13.2 Å². The first kappa shape index (κ1) is 21.5. The van der Waals surface area contributed by atoms with Gasteiger partial charge in [-0.1, -0.05) is 13.3 Å². The van der Waals surface area contributed by atoms with E-state index in [1.807, 2.05) is 5.38 Å². The summed E-state index contributed by atoms with van der Waals surface area (Å²) in [4.78, 5) is 8.55. The van der Waals surface area contributed by atoms with Crippen molar-refractivity contribution < 1.29 is 13.2 Å². The Hall–Kier alpha value is -0.580. The molecule has 0 aromatic carbocycles. The van der Waals surface area contributed by atoms with Crippen molar-refractivity contribution in [3.05, 3.63) is 16.1 Å². The number of nitrogens with zero attached hydrogens (tertiary/aromatic N) is 2. The molecule has 9 heteroatoms. The summed E-state index contributed by atoms with van der Waals surface area (Å²) in [6.07, 6.45) is -1.53. The second-order valence-corrected chi connectivity index (χ2v) is 6.70. The predicted molar refractivity (Wildman–Crippen MR) is 102 cm³/mol. The van der Waals surface area contributed by atoms with E-state index in [-0.39, 0.29) is 42.9 Å². The summed E-state index contributed by atoms with van der Waals surface area (Å²) in [7, 11) is 1.62. The van der Waals surface area contributed by atoms with Crippen LogP contribution in [0.25, 0.3) is 0 Å². The molecule has 24 heavy (non-hydrogen) atoms. The van der Waals surface area contributed by atoms with Gasteiger partial charge in [-0.3, -0.25) is 4.99 Å². The number of alkyl halides is 3. The largest absolute Gasteiger partial charge is 0.391 e. The fourth-order valence-electron chi connectivity index (χ4n) is 2.77. The molecule has 2 rings (SSSR count). The smallest absolute Gasteiger partial charge is 0.354 e. The zero-order chi connectivity index (χ0) is 16.9. The molecule has 1 fully saturated rings. The van der Waals surface area contributed by atoms with Crippen LogP contribution < -0.4 is 10.6 Å². The van der Waals surface area contributed by atoms with E-state index in [0.717, 1.165) is 23.5 Å². The van der Waals surface area contributed by atoms with Crippen molar-refractivity contribution in [1.29, 1.82) is 0 Å². The number of hydrogen-bond acceptors (Lipinski definition) is 3. The lowest BCUT2D eigenvalue weighted by atomic mass is 9.85. The first-order valence-electron chi connectivity index (χ1n) is 7.89. The first-order valence-corrected chi connectivity index (χ1v) is 8.77. The number of thiazole rings is 1. The Kier molecular flexibility index (Phi) is 8.75. The maximum absolute atomic E-state index is 12.9. The fourth-order valence-corrected chi connectivity index (χ4v) is 3.52. The van der Waals surface area contributed by atoms with Gasteiger partial charge in [-0.25, -0.2) is 4.98 Å². The average molecular weight is 476 g/mol. The number of aromatic nitrogens is 1. The predicted octanol–water partition coefficient (Wildman–Crippen LogP) is 4.11. The van der Waals surface area contributed by atoms with Crippen LogP contribution >= 0.6 is 35.3 Å². The molecule has 1 aromatic rings. The van der Waals surface area contributed by atoms with Crippen LogP contribution in [0, 0.1) is 5.92 Å². The van der Waals surface area contributed by atoms with E-state index >= 15 is 0 Å². The van der Waals surface area contributed by atoms with Crippen molar-refractivity contribution in [3.8, 4) is 0 Å². The van der Waals surface area contributed by atoms with Crippen LogP contribution in [0.2, 0.25) is 0 Å². The molecule has 0 bridgehead atoms. The Balaban J connectivity index is 0.00000288. The minimum absolute atomic E-state index is 0. The molecule has 4 nitrogen and oxygen atoms in total. The van der Waals surface area contributed by atoms with E-state index in [0.29, 0.717) is 18.9 Å². The number of aryl methyl sites for hydroxylation is 1. The van der Waals surface area contributed by atoms with Crippen molar-refractivity contribution in [3.63, 3.8) is 0 Å². The Morgan fingerprint density at radius 1 is 1.42 bits per heavy atom. The third kappa shape index (κ3) is 6.38. The number of guanidine groups is 1. The minimum Gasteiger partial charge on any atom is -0.354 e. The van der Waals surface area contributed by atoms with E-state index in [2.05, 4.69) is 27.5 Å². The molecule has 0 radical (unpaired) electrons. The monoisotopic (exact) mass is 476 g/mol. The number of rotatable bonds is 4. The van der Waals surface area contributed by atoms with Gasteiger partial charge in [-0.2, -0.15) is 13.2 Å². The van der Waals surface area contributed by atoms with Gasteiger partial charge in [0, 0.05) is 18.5 Å². The highest BCUT2D eigenvalue weighted by Crippen LogP contribution is 2.37. The number of halogens is 4. The Bertz CT molecular complexity index is 533. The van der Waals surface area contributed by atoms with Gasteiger partial charge in [0.2, 0.25) is 0 Å². The number of nitrogens with one attached hydrogen (secondary N) is 2. The summed E-state index contributed by atoms with van der Waals surface area (Å²) in [5.74, 6) is -0.679. The van der Waals surface area contributed by atoms with Crippen LogP contribution in [-0.2, 0) is 13.0 Å². The zero-order valence-corrected chi connectivity index (χ0v) is 17.0. The Labute approximate surface area is 161 Å². The van der Waals surface area contributed by atoms with Gasteiger partial charge in [0.1, 0.15) is 0 Å². The Morgan fingerprint density at radius 2 is 2.17 bits per heavy atom. The van der Waals surface area contributed by atoms with Gasteiger partial charge in [0.25, 0.3) is 0 Å². The third-order valence-corrected chi connectivity index (χ3v) is 5.08. The normalized spacial score (nSPS) is 22.0. The molecule has 1 aromatic heterocycles. The third-order valence-electron chi connectivity index (χ3n) is 4.04. The SMILES string of the molecule is CCc1nc(CNC(=NC)NC2CCCC(C(F)(F)F)C2)cs1.I. The molecule has 0 aliphatic heterocycles. The average Bonchev–Trinajstić information content (AvgIpc) is 2.99. The van der Waals surface area contributed by atoms with Gasteiger partial charge in [-0.15, -0.1) is 35.3 Å². The molecular formula is C15H24F3IN4S. The maximum Gasteiger partial charge on any atom is 0.391 e. The zero-order valence-electron chi connectivity index (χ0n) is 13.8. The van der Waals surface area contributed by atoms with E-state index in [9.17, 15) is 13.2 Å². The van der Waals surface area contributed by atoms with Crippen LogP contribution in [0.1, 0.15) is 43.3 Å². The highest BCUT2D eigenvalue weighted by Gasteiger charge is 2.42. The second-order valence-electron chi connectivity index (χ2n) is 5.76. The highest BCUT2D eigenvalue weighted by molar-refractivity contribution is 14.0. The van der Waals surface area contributed by atoms with Gasteiger partial charge in [-0.05, 0) is 25.7 Å². The van der Waals surface area contributed by atoms with Crippen molar-refractivity contribution in [2.45, 2.75) is 57.8 Å². The Morgan fingerprint density at radius 3 is 2.75 bits per heavy atom. The van der Waals surface area contributed by atoms with E-state index in [4.69, 9.17) is 0 Å². The molecule has 0 amide bonds.